The van der Waals surface area contributed by atoms with Crippen LogP contribution in [0.2, 0.25) is 0 Å². The molecule has 2 N–H and O–H groups in total. The number of nitrogens with one attached hydrogen (secondary N) is 1. The molecule has 1 amide bonds. The monoisotopic (exact) mass is 351 g/mol. The van der Waals surface area contributed by atoms with E-state index in [1.165, 1.54) is 6.08 Å². The molecule has 1 aromatic carbocycles. The predicted molar refractivity (Wildman–Crippen MR) is 85.5 cm³/mol. The van der Waals surface area contributed by atoms with E-state index in [1.807, 2.05) is 42.5 Å². The van der Waals surface area contributed by atoms with E-state index in [9.17, 15) is 9.90 Å². The molecule has 0 radical (unpaired) electrons. The minimum absolute atomic E-state index is 0.196. The van der Waals surface area contributed by atoms with Gasteiger partial charge in [0.15, 0.2) is 0 Å². The summed E-state index contributed by atoms with van der Waals surface area (Å²) in [4.78, 5) is 12.6. The van der Waals surface area contributed by atoms with Crippen molar-refractivity contribution >= 4 is 39.2 Å². The van der Waals surface area contributed by atoms with Crippen LogP contribution in [0.25, 0.3) is 6.08 Å². The summed E-state index contributed by atoms with van der Waals surface area (Å²) in [6.07, 6.45) is 2.53. The summed E-state index contributed by atoms with van der Waals surface area (Å²) in [7, 11) is 0. The SMILES string of the molecule is O=C(/C=C/c1ccc(Br)s1)NCC(O)c1ccccc1. The molecular weight excluding hydrogens is 338 g/mol. The maximum Gasteiger partial charge on any atom is 0.244 e. The van der Waals surface area contributed by atoms with Crippen molar-refractivity contribution in [2.75, 3.05) is 6.54 Å². The fourth-order valence-electron chi connectivity index (χ4n) is 1.62. The molecule has 3 nitrogen and oxygen atoms in total. The van der Waals surface area contributed by atoms with Crippen molar-refractivity contribution in [3.63, 3.8) is 0 Å². The highest BCUT2D eigenvalue weighted by molar-refractivity contribution is 9.11. The smallest absolute Gasteiger partial charge is 0.244 e. The molecule has 0 aliphatic rings. The van der Waals surface area contributed by atoms with E-state index in [2.05, 4.69) is 21.2 Å². The van der Waals surface area contributed by atoms with Crippen molar-refractivity contribution in [2.24, 2.45) is 0 Å². The number of hydrogen-bond acceptors (Lipinski definition) is 3. The Morgan fingerprint density at radius 3 is 2.70 bits per heavy atom. The molecule has 0 saturated heterocycles. The maximum absolute atomic E-state index is 11.6. The third-order valence-electron chi connectivity index (χ3n) is 2.65. The fraction of sp³-hybridized carbons (Fsp3) is 0.133. The summed E-state index contributed by atoms with van der Waals surface area (Å²) in [6, 6.07) is 13.1. The number of thiophene rings is 1. The third-order valence-corrected chi connectivity index (χ3v) is 4.24. The fourth-order valence-corrected chi connectivity index (χ4v) is 2.95. The second-order valence-electron chi connectivity index (χ2n) is 4.15. The number of amides is 1. The molecule has 0 aliphatic carbocycles. The summed E-state index contributed by atoms with van der Waals surface area (Å²) in [5.41, 5.74) is 0.791. The van der Waals surface area contributed by atoms with Crippen LogP contribution in [0.4, 0.5) is 0 Å². The molecule has 1 aromatic heterocycles. The topological polar surface area (TPSA) is 49.3 Å². The summed E-state index contributed by atoms with van der Waals surface area (Å²) in [6.45, 7) is 0.196. The number of halogens is 1. The second-order valence-corrected chi connectivity index (χ2v) is 6.64. The van der Waals surface area contributed by atoms with Crippen LogP contribution in [0, 0.1) is 0 Å². The van der Waals surface area contributed by atoms with Gasteiger partial charge in [0.1, 0.15) is 0 Å². The Morgan fingerprint density at radius 1 is 1.30 bits per heavy atom. The lowest BCUT2D eigenvalue weighted by Gasteiger charge is -2.10. The summed E-state index contributed by atoms with van der Waals surface area (Å²) >= 11 is 4.92. The lowest BCUT2D eigenvalue weighted by atomic mass is 10.1. The molecule has 1 unspecified atom stereocenters. The molecule has 20 heavy (non-hydrogen) atoms. The van der Waals surface area contributed by atoms with Gasteiger partial charge in [-0.25, -0.2) is 0 Å². The molecule has 0 saturated carbocycles. The Morgan fingerprint density at radius 2 is 2.05 bits per heavy atom. The van der Waals surface area contributed by atoms with E-state index in [-0.39, 0.29) is 12.5 Å². The molecule has 2 rings (SSSR count). The number of benzene rings is 1. The zero-order chi connectivity index (χ0) is 14.4. The normalized spacial score (nSPS) is 12.5. The molecule has 1 atom stereocenters. The maximum atomic E-state index is 11.6. The first-order valence-electron chi connectivity index (χ1n) is 6.09. The molecule has 5 heteroatoms. The van der Waals surface area contributed by atoms with Crippen LogP contribution in [-0.4, -0.2) is 17.6 Å². The molecule has 2 aromatic rings. The highest BCUT2D eigenvalue weighted by Crippen LogP contribution is 2.22. The van der Waals surface area contributed by atoms with Crippen LogP contribution in [0.3, 0.4) is 0 Å². The molecule has 104 valence electrons. The Labute approximate surface area is 130 Å². The van der Waals surface area contributed by atoms with Gasteiger partial charge < -0.3 is 10.4 Å². The number of carbonyl (C=O) groups excluding carboxylic acids is 1. The Hall–Kier alpha value is -1.43. The van der Waals surface area contributed by atoms with Gasteiger partial charge >= 0.3 is 0 Å². The number of carbonyl (C=O) groups is 1. The molecular formula is C15H14BrNO2S. The molecule has 1 heterocycles. The first-order chi connectivity index (χ1) is 9.65. The molecule has 0 fully saturated rings. The number of rotatable bonds is 5. The zero-order valence-corrected chi connectivity index (χ0v) is 13.0. The average Bonchev–Trinajstić information content (AvgIpc) is 2.89. The van der Waals surface area contributed by atoms with Gasteiger partial charge in [-0.3, -0.25) is 4.79 Å². The quantitative estimate of drug-likeness (QED) is 0.811. The Balaban J connectivity index is 1.82. The lowest BCUT2D eigenvalue weighted by Crippen LogP contribution is -2.26. The van der Waals surface area contributed by atoms with Crippen LogP contribution >= 0.6 is 27.3 Å². The van der Waals surface area contributed by atoms with Crippen molar-refractivity contribution in [3.05, 3.63) is 62.8 Å². The average molecular weight is 352 g/mol. The Kier molecular flexibility index (Phi) is 5.52. The van der Waals surface area contributed by atoms with Crippen LogP contribution in [0.5, 0.6) is 0 Å². The highest BCUT2D eigenvalue weighted by atomic mass is 79.9. The van der Waals surface area contributed by atoms with Crippen LogP contribution in [0.15, 0.2) is 52.3 Å². The minimum atomic E-state index is -0.690. The van der Waals surface area contributed by atoms with Gasteiger partial charge in [-0.05, 0) is 39.7 Å². The van der Waals surface area contributed by atoms with Gasteiger partial charge in [0, 0.05) is 17.5 Å². The first kappa shape index (κ1) is 15.0. The molecule has 0 bridgehead atoms. The number of aliphatic hydroxyl groups is 1. The molecule has 0 spiro atoms. The van der Waals surface area contributed by atoms with Crippen LogP contribution < -0.4 is 5.32 Å². The first-order valence-corrected chi connectivity index (χ1v) is 7.70. The third kappa shape index (κ3) is 4.59. The largest absolute Gasteiger partial charge is 0.387 e. The summed E-state index contributed by atoms with van der Waals surface area (Å²) in [5.74, 6) is -0.218. The highest BCUT2D eigenvalue weighted by Gasteiger charge is 2.07. The van der Waals surface area contributed by atoms with Crippen molar-refractivity contribution in [3.8, 4) is 0 Å². The van der Waals surface area contributed by atoms with E-state index in [0.29, 0.717) is 0 Å². The van der Waals surface area contributed by atoms with Gasteiger partial charge in [-0.15, -0.1) is 11.3 Å². The molecule has 0 aliphatic heterocycles. The summed E-state index contributed by atoms with van der Waals surface area (Å²) in [5, 5.41) is 12.6. The minimum Gasteiger partial charge on any atom is -0.387 e. The van der Waals surface area contributed by atoms with E-state index in [1.54, 1.807) is 17.4 Å². The van der Waals surface area contributed by atoms with E-state index in [0.717, 1.165) is 14.2 Å². The van der Waals surface area contributed by atoms with Gasteiger partial charge in [0.2, 0.25) is 5.91 Å². The van der Waals surface area contributed by atoms with E-state index < -0.39 is 6.10 Å². The standard InChI is InChI=1S/C15H14BrNO2S/c16-14-8-6-12(20-14)7-9-15(19)17-10-13(18)11-4-2-1-3-5-11/h1-9,13,18H,10H2,(H,17,19)/b9-7+. The number of aliphatic hydroxyl groups excluding tert-OH is 1. The van der Waals surface area contributed by atoms with Crippen LogP contribution in [-0.2, 0) is 4.79 Å². The van der Waals surface area contributed by atoms with Crippen molar-refractivity contribution in [1.82, 2.24) is 5.32 Å². The van der Waals surface area contributed by atoms with Crippen LogP contribution in [0.1, 0.15) is 16.5 Å². The van der Waals surface area contributed by atoms with Gasteiger partial charge in [-0.1, -0.05) is 30.3 Å². The number of hydrogen-bond donors (Lipinski definition) is 2. The van der Waals surface area contributed by atoms with E-state index >= 15 is 0 Å². The van der Waals surface area contributed by atoms with Gasteiger partial charge in [0.25, 0.3) is 0 Å². The second kappa shape index (κ2) is 7.38. The van der Waals surface area contributed by atoms with Crippen molar-refractivity contribution in [2.45, 2.75) is 6.10 Å². The predicted octanol–water partition coefficient (Wildman–Crippen LogP) is 3.37. The summed E-state index contributed by atoms with van der Waals surface area (Å²) < 4.78 is 1.03. The van der Waals surface area contributed by atoms with Gasteiger partial charge in [0.05, 0.1) is 9.89 Å². The van der Waals surface area contributed by atoms with Crippen molar-refractivity contribution < 1.29 is 9.90 Å². The Bertz CT molecular complexity index is 595. The van der Waals surface area contributed by atoms with E-state index in [4.69, 9.17) is 0 Å². The van der Waals surface area contributed by atoms with Crippen molar-refractivity contribution in [1.29, 1.82) is 0 Å². The lowest BCUT2D eigenvalue weighted by molar-refractivity contribution is -0.116. The zero-order valence-electron chi connectivity index (χ0n) is 10.6. The van der Waals surface area contributed by atoms with Gasteiger partial charge in [-0.2, -0.15) is 0 Å².